The Labute approximate surface area is 83.1 Å². The molecule has 1 unspecified atom stereocenters. The number of aryl methyl sites for hydroxylation is 1. The van der Waals surface area contributed by atoms with Crippen molar-refractivity contribution in [3.05, 3.63) is 35.1 Å². The molecule has 0 aliphatic carbocycles. The van der Waals surface area contributed by atoms with E-state index in [1.165, 1.54) is 6.07 Å². The van der Waals surface area contributed by atoms with Gasteiger partial charge in [-0.05, 0) is 32.5 Å². The molecule has 76 valence electrons. The summed E-state index contributed by atoms with van der Waals surface area (Å²) in [5.41, 5.74) is 0.966. The van der Waals surface area contributed by atoms with Gasteiger partial charge in [0.1, 0.15) is 5.82 Å². The highest BCUT2D eigenvalue weighted by Crippen LogP contribution is 2.10. The molecule has 1 atom stereocenters. The van der Waals surface area contributed by atoms with Crippen LogP contribution in [0.25, 0.3) is 0 Å². The molecule has 0 fully saturated rings. The molecule has 0 saturated heterocycles. The molecular formula is C11H14FNO. The second-order valence-electron chi connectivity index (χ2n) is 3.34. The van der Waals surface area contributed by atoms with Crippen LogP contribution in [-0.4, -0.2) is 18.9 Å². The van der Waals surface area contributed by atoms with Crippen LogP contribution in [0.4, 0.5) is 4.39 Å². The Hall–Kier alpha value is -1.22. The molecule has 0 aliphatic heterocycles. The van der Waals surface area contributed by atoms with E-state index in [2.05, 4.69) is 5.32 Å². The summed E-state index contributed by atoms with van der Waals surface area (Å²) >= 11 is 0. The van der Waals surface area contributed by atoms with Gasteiger partial charge in [-0.2, -0.15) is 0 Å². The Bertz CT molecular complexity index is 349. The Kier molecular flexibility index (Phi) is 3.36. The number of benzene rings is 1. The van der Waals surface area contributed by atoms with Crippen LogP contribution < -0.4 is 5.32 Å². The molecule has 1 N–H and O–H groups in total. The van der Waals surface area contributed by atoms with Crippen molar-refractivity contribution in [1.29, 1.82) is 0 Å². The fraction of sp³-hybridized carbons (Fsp3) is 0.364. The smallest absolute Gasteiger partial charge is 0.179 e. The molecule has 2 nitrogen and oxygen atoms in total. The SMILES string of the molecule is CNC(C)C(=O)c1ccc(C)c(F)c1. The second kappa shape index (κ2) is 4.33. The predicted octanol–water partition coefficient (Wildman–Crippen LogP) is 1.92. The third-order valence-corrected chi connectivity index (χ3v) is 2.28. The third-order valence-electron chi connectivity index (χ3n) is 2.28. The molecule has 3 heteroatoms. The van der Waals surface area contributed by atoms with E-state index >= 15 is 0 Å². The van der Waals surface area contributed by atoms with Gasteiger partial charge in [0, 0.05) is 5.56 Å². The lowest BCUT2D eigenvalue weighted by molar-refractivity contribution is 0.0954. The molecular weight excluding hydrogens is 181 g/mol. The number of halogens is 1. The van der Waals surface area contributed by atoms with Gasteiger partial charge in [-0.15, -0.1) is 0 Å². The number of nitrogens with one attached hydrogen (secondary N) is 1. The first-order chi connectivity index (χ1) is 6.56. The Morgan fingerprint density at radius 3 is 2.64 bits per heavy atom. The molecule has 0 aromatic heterocycles. The number of hydrogen-bond acceptors (Lipinski definition) is 2. The Morgan fingerprint density at radius 1 is 1.50 bits per heavy atom. The van der Waals surface area contributed by atoms with Crippen LogP contribution in [-0.2, 0) is 0 Å². The number of hydrogen-bond donors (Lipinski definition) is 1. The summed E-state index contributed by atoms with van der Waals surface area (Å²) < 4.78 is 13.1. The quantitative estimate of drug-likeness (QED) is 0.746. The maximum Gasteiger partial charge on any atom is 0.179 e. The van der Waals surface area contributed by atoms with E-state index < -0.39 is 0 Å². The summed E-state index contributed by atoms with van der Waals surface area (Å²) in [5, 5.41) is 2.83. The van der Waals surface area contributed by atoms with Crippen molar-refractivity contribution in [2.24, 2.45) is 0 Å². The summed E-state index contributed by atoms with van der Waals surface area (Å²) in [6.45, 7) is 3.42. The van der Waals surface area contributed by atoms with Crippen molar-refractivity contribution in [3.8, 4) is 0 Å². The van der Waals surface area contributed by atoms with Crippen LogP contribution in [0.1, 0.15) is 22.8 Å². The van der Waals surface area contributed by atoms with Crippen molar-refractivity contribution >= 4 is 5.78 Å². The zero-order valence-electron chi connectivity index (χ0n) is 8.60. The molecule has 1 aromatic rings. The van der Waals surface area contributed by atoms with Gasteiger partial charge in [0.15, 0.2) is 5.78 Å². The normalized spacial score (nSPS) is 12.6. The fourth-order valence-electron chi connectivity index (χ4n) is 1.13. The lowest BCUT2D eigenvalue weighted by Crippen LogP contribution is -2.30. The highest BCUT2D eigenvalue weighted by Gasteiger charge is 2.13. The number of likely N-dealkylation sites (N-methyl/N-ethyl adjacent to an activating group) is 1. The van der Waals surface area contributed by atoms with Gasteiger partial charge in [-0.3, -0.25) is 4.79 Å². The molecule has 0 aliphatic rings. The van der Waals surface area contributed by atoms with E-state index in [0.717, 1.165) is 0 Å². The van der Waals surface area contributed by atoms with Crippen LogP contribution in [0.2, 0.25) is 0 Å². The van der Waals surface area contributed by atoms with Crippen LogP contribution >= 0.6 is 0 Å². The van der Waals surface area contributed by atoms with E-state index in [1.807, 2.05) is 0 Å². The predicted molar refractivity (Wildman–Crippen MR) is 54.0 cm³/mol. The molecule has 0 radical (unpaired) electrons. The molecule has 0 bridgehead atoms. The first kappa shape index (κ1) is 10.9. The minimum atomic E-state index is -0.334. The zero-order valence-corrected chi connectivity index (χ0v) is 8.60. The van der Waals surface area contributed by atoms with Crippen LogP contribution in [0.5, 0.6) is 0 Å². The average Bonchev–Trinajstić information content (AvgIpc) is 2.20. The van der Waals surface area contributed by atoms with Crippen LogP contribution in [0, 0.1) is 12.7 Å². The third kappa shape index (κ3) is 2.17. The highest BCUT2D eigenvalue weighted by atomic mass is 19.1. The number of rotatable bonds is 3. The van der Waals surface area contributed by atoms with Crippen molar-refractivity contribution in [2.45, 2.75) is 19.9 Å². The van der Waals surface area contributed by atoms with E-state index in [9.17, 15) is 9.18 Å². The number of carbonyl (C=O) groups excluding carboxylic acids is 1. The molecule has 14 heavy (non-hydrogen) atoms. The highest BCUT2D eigenvalue weighted by molar-refractivity contribution is 5.99. The Morgan fingerprint density at radius 2 is 2.14 bits per heavy atom. The Balaban J connectivity index is 2.97. The van der Waals surface area contributed by atoms with Gasteiger partial charge in [0.05, 0.1) is 6.04 Å². The average molecular weight is 195 g/mol. The van der Waals surface area contributed by atoms with Gasteiger partial charge in [0.25, 0.3) is 0 Å². The minimum Gasteiger partial charge on any atom is -0.310 e. The maximum atomic E-state index is 13.1. The van der Waals surface area contributed by atoms with Crippen LogP contribution in [0.3, 0.4) is 0 Å². The summed E-state index contributed by atoms with van der Waals surface area (Å²) in [4.78, 5) is 11.6. The summed E-state index contributed by atoms with van der Waals surface area (Å²) in [7, 11) is 1.70. The van der Waals surface area contributed by atoms with Crippen LogP contribution in [0.15, 0.2) is 18.2 Å². The largest absolute Gasteiger partial charge is 0.310 e. The zero-order chi connectivity index (χ0) is 10.7. The molecule has 1 rings (SSSR count). The lowest BCUT2D eigenvalue weighted by atomic mass is 10.0. The molecule has 0 heterocycles. The monoisotopic (exact) mass is 195 g/mol. The van der Waals surface area contributed by atoms with Crippen molar-refractivity contribution in [2.75, 3.05) is 7.05 Å². The summed E-state index contributed by atoms with van der Waals surface area (Å²) in [6.07, 6.45) is 0. The summed E-state index contributed by atoms with van der Waals surface area (Å²) in [6, 6.07) is 4.27. The number of Topliss-reactive ketones (excluding diaryl/α,β-unsaturated/α-hetero) is 1. The van der Waals surface area contributed by atoms with Crippen molar-refractivity contribution < 1.29 is 9.18 Å². The first-order valence-electron chi connectivity index (χ1n) is 4.54. The van der Waals surface area contributed by atoms with Gasteiger partial charge < -0.3 is 5.32 Å². The van der Waals surface area contributed by atoms with E-state index in [0.29, 0.717) is 11.1 Å². The van der Waals surface area contributed by atoms with Gasteiger partial charge >= 0.3 is 0 Å². The summed E-state index contributed by atoms with van der Waals surface area (Å²) in [5.74, 6) is -0.425. The molecule has 1 aromatic carbocycles. The maximum absolute atomic E-state index is 13.1. The standard InChI is InChI=1S/C11H14FNO/c1-7-4-5-9(6-10(7)12)11(14)8(2)13-3/h4-6,8,13H,1-3H3. The van der Waals surface area contributed by atoms with E-state index in [-0.39, 0.29) is 17.6 Å². The topological polar surface area (TPSA) is 29.1 Å². The minimum absolute atomic E-state index is 0.0913. The number of ketones is 1. The second-order valence-corrected chi connectivity index (χ2v) is 3.34. The molecule has 0 saturated carbocycles. The number of carbonyl (C=O) groups is 1. The van der Waals surface area contributed by atoms with E-state index in [1.54, 1.807) is 33.0 Å². The van der Waals surface area contributed by atoms with Crippen molar-refractivity contribution in [1.82, 2.24) is 5.32 Å². The molecule has 0 spiro atoms. The van der Waals surface area contributed by atoms with Gasteiger partial charge in [-0.25, -0.2) is 4.39 Å². The van der Waals surface area contributed by atoms with Crippen molar-refractivity contribution in [3.63, 3.8) is 0 Å². The van der Waals surface area contributed by atoms with Gasteiger partial charge in [0.2, 0.25) is 0 Å². The molecule has 0 amide bonds. The van der Waals surface area contributed by atoms with Gasteiger partial charge in [-0.1, -0.05) is 12.1 Å². The van der Waals surface area contributed by atoms with E-state index in [4.69, 9.17) is 0 Å². The lowest BCUT2D eigenvalue weighted by Gasteiger charge is -2.09. The fourth-order valence-corrected chi connectivity index (χ4v) is 1.13. The first-order valence-corrected chi connectivity index (χ1v) is 4.54.